The smallest absolute Gasteiger partial charge is 0.0642 e. The van der Waals surface area contributed by atoms with Crippen LogP contribution in [0.25, 0.3) is 0 Å². The van der Waals surface area contributed by atoms with Crippen LogP contribution in [0, 0.1) is 11.8 Å². The molecular weight excluding hydrogens is 260 g/mol. The van der Waals surface area contributed by atoms with Gasteiger partial charge >= 0.3 is 0 Å². The third-order valence-corrected chi connectivity index (χ3v) is 5.05. The van der Waals surface area contributed by atoms with Crippen molar-refractivity contribution in [2.45, 2.75) is 39.2 Å². The monoisotopic (exact) mass is 288 g/mol. The van der Waals surface area contributed by atoms with E-state index in [1.54, 1.807) is 0 Å². The van der Waals surface area contributed by atoms with Crippen molar-refractivity contribution in [2.24, 2.45) is 11.8 Å². The Kier molecular flexibility index (Phi) is 4.69. The van der Waals surface area contributed by atoms with Gasteiger partial charge in [0.25, 0.3) is 0 Å². The van der Waals surface area contributed by atoms with E-state index < -0.39 is 0 Å². The van der Waals surface area contributed by atoms with Gasteiger partial charge in [0.1, 0.15) is 0 Å². The number of nitrogens with zero attached hydrogens (tertiary/aromatic N) is 1. The molecule has 0 aromatic heterocycles. The van der Waals surface area contributed by atoms with E-state index in [0.29, 0.717) is 6.04 Å². The molecule has 21 heavy (non-hydrogen) atoms. The predicted octanol–water partition coefficient (Wildman–Crippen LogP) is 3.76. The molecular formula is C18H28N2O. The summed E-state index contributed by atoms with van der Waals surface area (Å²) in [6.07, 6.45) is 4.02. The van der Waals surface area contributed by atoms with Crippen molar-refractivity contribution in [3.63, 3.8) is 0 Å². The van der Waals surface area contributed by atoms with E-state index in [-0.39, 0.29) is 0 Å². The zero-order valence-corrected chi connectivity index (χ0v) is 13.3. The highest BCUT2D eigenvalue weighted by atomic mass is 16.5. The van der Waals surface area contributed by atoms with E-state index in [1.807, 2.05) is 0 Å². The Hall–Kier alpha value is -1.22. The summed E-state index contributed by atoms with van der Waals surface area (Å²) in [4.78, 5) is 2.45. The van der Waals surface area contributed by atoms with Gasteiger partial charge in [0.05, 0.1) is 24.6 Å². The van der Waals surface area contributed by atoms with Crippen molar-refractivity contribution < 1.29 is 4.74 Å². The molecule has 1 saturated carbocycles. The molecule has 3 nitrogen and oxygen atoms in total. The van der Waals surface area contributed by atoms with Gasteiger partial charge in [0.2, 0.25) is 0 Å². The highest BCUT2D eigenvalue weighted by molar-refractivity contribution is 5.70. The number of rotatable bonds is 3. The lowest BCUT2D eigenvalue weighted by atomic mass is 9.80. The maximum Gasteiger partial charge on any atom is 0.0642 e. The maximum absolute atomic E-state index is 5.48. The number of para-hydroxylation sites is 2. The van der Waals surface area contributed by atoms with Crippen molar-refractivity contribution >= 4 is 11.4 Å². The van der Waals surface area contributed by atoms with Gasteiger partial charge in [-0.1, -0.05) is 32.4 Å². The molecule has 1 aromatic rings. The molecule has 3 rings (SSSR count). The highest BCUT2D eigenvalue weighted by Crippen LogP contribution is 2.33. The van der Waals surface area contributed by atoms with E-state index in [9.17, 15) is 0 Å². The molecule has 2 aliphatic rings. The molecule has 0 spiro atoms. The topological polar surface area (TPSA) is 24.5 Å². The second kappa shape index (κ2) is 6.69. The fraction of sp³-hybridized carbons (Fsp3) is 0.667. The van der Waals surface area contributed by atoms with E-state index >= 15 is 0 Å². The van der Waals surface area contributed by atoms with Crippen LogP contribution in [0.1, 0.15) is 33.1 Å². The summed E-state index contributed by atoms with van der Waals surface area (Å²) in [5, 5.41) is 3.84. The zero-order valence-electron chi connectivity index (χ0n) is 13.3. The summed E-state index contributed by atoms with van der Waals surface area (Å²) in [5.41, 5.74) is 2.64. The molecule has 0 bridgehead atoms. The van der Waals surface area contributed by atoms with E-state index in [1.165, 1.54) is 30.6 Å². The third kappa shape index (κ3) is 3.52. The van der Waals surface area contributed by atoms with Crippen LogP contribution in [0.4, 0.5) is 11.4 Å². The molecule has 1 aliphatic heterocycles. The molecule has 0 radical (unpaired) electrons. The fourth-order valence-electron chi connectivity index (χ4n) is 3.61. The van der Waals surface area contributed by atoms with Crippen molar-refractivity contribution in [1.82, 2.24) is 0 Å². The highest BCUT2D eigenvalue weighted by Gasteiger charge is 2.26. The molecule has 0 amide bonds. The number of hydrogen-bond acceptors (Lipinski definition) is 3. The van der Waals surface area contributed by atoms with E-state index in [4.69, 9.17) is 4.74 Å². The van der Waals surface area contributed by atoms with Gasteiger partial charge in [-0.3, -0.25) is 0 Å². The Morgan fingerprint density at radius 2 is 1.86 bits per heavy atom. The van der Waals surface area contributed by atoms with Gasteiger partial charge in [-0.05, 0) is 36.8 Å². The number of benzene rings is 1. The standard InChI is InChI=1S/C18H28N2O/c1-14-7-8-15(2)17(13-14)19-16-5-3-4-6-18(16)20-9-11-21-12-10-20/h3-6,14-15,17,19H,7-13H2,1-2H3. The maximum atomic E-state index is 5.48. The second-order valence-electron chi connectivity index (χ2n) is 6.76. The van der Waals surface area contributed by atoms with Crippen molar-refractivity contribution in [1.29, 1.82) is 0 Å². The first-order valence-electron chi connectivity index (χ1n) is 8.42. The van der Waals surface area contributed by atoms with Gasteiger partial charge < -0.3 is 15.0 Å². The quantitative estimate of drug-likeness (QED) is 0.916. The SMILES string of the molecule is CC1CCC(C)C(Nc2ccccc2N2CCOCC2)C1. The lowest BCUT2D eigenvalue weighted by Gasteiger charge is -2.36. The van der Waals surface area contributed by atoms with Crippen molar-refractivity contribution in [2.75, 3.05) is 36.5 Å². The average molecular weight is 288 g/mol. The Morgan fingerprint density at radius 3 is 2.67 bits per heavy atom. The van der Waals surface area contributed by atoms with Crippen molar-refractivity contribution in [3.8, 4) is 0 Å². The summed E-state index contributed by atoms with van der Waals surface area (Å²) >= 11 is 0. The van der Waals surface area contributed by atoms with E-state index in [2.05, 4.69) is 48.3 Å². The molecule has 2 fully saturated rings. The minimum atomic E-state index is 0.607. The average Bonchev–Trinajstić information content (AvgIpc) is 2.52. The molecule has 1 aromatic carbocycles. The summed E-state index contributed by atoms with van der Waals surface area (Å²) in [6.45, 7) is 8.44. The molecule has 1 heterocycles. The van der Waals surface area contributed by atoms with Crippen LogP contribution in [0.2, 0.25) is 0 Å². The molecule has 3 heteroatoms. The minimum Gasteiger partial charge on any atom is -0.380 e. The van der Waals surface area contributed by atoms with Gasteiger partial charge in [0, 0.05) is 19.1 Å². The Morgan fingerprint density at radius 1 is 1.10 bits per heavy atom. The van der Waals surface area contributed by atoms with Crippen LogP contribution in [0.15, 0.2) is 24.3 Å². The van der Waals surface area contributed by atoms with Crippen LogP contribution in [0.3, 0.4) is 0 Å². The molecule has 1 aliphatic carbocycles. The number of anilines is 2. The molecule has 1 N–H and O–H groups in total. The number of ether oxygens (including phenoxy) is 1. The predicted molar refractivity (Wildman–Crippen MR) is 89.1 cm³/mol. The summed E-state index contributed by atoms with van der Waals surface area (Å²) < 4.78 is 5.48. The first kappa shape index (κ1) is 14.7. The summed E-state index contributed by atoms with van der Waals surface area (Å²) in [7, 11) is 0. The molecule has 1 saturated heterocycles. The summed E-state index contributed by atoms with van der Waals surface area (Å²) in [6, 6.07) is 9.36. The van der Waals surface area contributed by atoms with Crippen LogP contribution in [-0.2, 0) is 4.74 Å². The van der Waals surface area contributed by atoms with Gasteiger partial charge in [-0.25, -0.2) is 0 Å². The van der Waals surface area contributed by atoms with Gasteiger partial charge in [0.15, 0.2) is 0 Å². The van der Waals surface area contributed by atoms with E-state index in [0.717, 1.165) is 38.1 Å². The third-order valence-electron chi connectivity index (χ3n) is 5.05. The van der Waals surface area contributed by atoms with Gasteiger partial charge in [-0.15, -0.1) is 0 Å². The van der Waals surface area contributed by atoms with Crippen molar-refractivity contribution in [3.05, 3.63) is 24.3 Å². The first-order valence-corrected chi connectivity index (χ1v) is 8.42. The van der Waals surface area contributed by atoms with Crippen LogP contribution in [0.5, 0.6) is 0 Å². The Balaban J connectivity index is 1.75. The fourth-order valence-corrected chi connectivity index (χ4v) is 3.61. The lowest BCUT2D eigenvalue weighted by molar-refractivity contribution is 0.123. The zero-order chi connectivity index (χ0) is 14.7. The minimum absolute atomic E-state index is 0.607. The van der Waals surface area contributed by atoms with Crippen LogP contribution < -0.4 is 10.2 Å². The molecule has 116 valence electrons. The summed E-state index contributed by atoms with van der Waals surface area (Å²) in [5.74, 6) is 1.60. The number of morpholine rings is 1. The molecule has 3 unspecified atom stereocenters. The van der Waals surface area contributed by atoms with Crippen LogP contribution >= 0.6 is 0 Å². The Bertz CT molecular complexity index is 456. The number of nitrogens with one attached hydrogen (secondary N) is 1. The normalized spacial score (nSPS) is 30.2. The first-order chi connectivity index (χ1) is 10.2. The molecule has 3 atom stereocenters. The number of hydrogen-bond donors (Lipinski definition) is 1. The Labute approximate surface area is 128 Å². The largest absolute Gasteiger partial charge is 0.380 e. The second-order valence-corrected chi connectivity index (χ2v) is 6.76. The lowest BCUT2D eigenvalue weighted by Crippen LogP contribution is -2.38. The van der Waals surface area contributed by atoms with Gasteiger partial charge in [-0.2, -0.15) is 0 Å². The van der Waals surface area contributed by atoms with Crippen LogP contribution in [-0.4, -0.2) is 32.3 Å².